The van der Waals surface area contributed by atoms with Crippen LogP contribution in [0.25, 0.3) is 45.6 Å². The number of nitrogen functional groups attached to an aromatic ring is 4. The molecule has 0 radical (unpaired) electrons. The normalized spacial score (nSPS) is 10.8. The van der Waals surface area contributed by atoms with Gasteiger partial charge in [-0.2, -0.15) is 0 Å². The van der Waals surface area contributed by atoms with Gasteiger partial charge in [-0.1, -0.05) is 0 Å². The molecule has 6 heterocycles. The van der Waals surface area contributed by atoms with E-state index in [4.69, 9.17) is 22.9 Å². The van der Waals surface area contributed by atoms with E-state index in [9.17, 15) is 0 Å². The first-order valence-corrected chi connectivity index (χ1v) is 8.53. The molecule has 0 aliphatic carbocycles. The Labute approximate surface area is 182 Å². The second-order valence-corrected chi connectivity index (χ2v) is 5.92. The minimum Gasteiger partial charge on any atom is -0.379 e. The van der Waals surface area contributed by atoms with Gasteiger partial charge in [-0.25, -0.2) is 27.8 Å². The van der Waals surface area contributed by atoms with Gasteiger partial charge in [0.2, 0.25) is 0 Å². The summed E-state index contributed by atoms with van der Waals surface area (Å²) in [4.78, 5) is 0. The lowest BCUT2D eigenvalue weighted by molar-refractivity contribution is 0.302. The first-order valence-electron chi connectivity index (χ1n) is 8.53. The molecule has 0 aromatic carbocycles. The van der Waals surface area contributed by atoms with Gasteiger partial charge in [-0.05, 0) is 61.9 Å². The van der Waals surface area contributed by atoms with Crippen LogP contribution in [0.5, 0.6) is 0 Å². The van der Waals surface area contributed by atoms with Gasteiger partial charge in [-0.15, -0.1) is 0 Å². The van der Waals surface area contributed by atoms with Crippen LogP contribution < -0.4 is 22.9 Å². The number of anilines is 4. The van der Waals surface area contributed by atoms with Crippen LogP contribution in [0.2, 0.25) is 0 Å². The first kappa shape index (κ1) is 20.0. The topological polar surface area (TPSA) is 338 Å². The smallest absolute Gasteiger partial charge is 0.198 e. The number of hydrogen-bond donors (Lipinski definition) is 4. The summed E-state index contributed by atoms with van der Waals surface area (Å²) in [5.74, 6) is 0.155. The summed E-state index contributed by atoms with van der Waals surface area (Å²) >= 11 is 0. The van der Waals surface area contributed by atoms with E-state index in [-0.39, 0.29) is 68.8 Å². The van der Waals surface area contributed by atoms with Crippen LogP contribution in [0.15, 0.2) is 27.8 Å². The van der Waals surface area contributed by atoms with Crippen molar-refractivity contribution in [2.24, 2.45) is 0 Å². The maximum absolute atomic E-state index is 5.52. The highest BCUT2D eigenvalue weighted by molar-refractivity contribution is 5.82. The lowest BCUT2D eigenvalue weighted by atomic mass is 10.2. The zero-order valence-electron chi connectivity index (χ0n) is 16.1. The second-order valence-electron chi connectivity index (χ2n) is 5.92. The zero-order valence-corrected chi connectivity index (χ0v) is 16.1. The molecule has 22 nitrogen and oxygen atoms in total. The molecule has 0 saturated carbocycles. The molecule has 0 fully saturated rings. The molecule has 6 aromatic heterocycles. The molecule has 34 heavy (non-hydrogen) atoms. The molecule has 0 saturated heterocycles. The fraction of sp³-hybridized carbons (Fsp3) is 0. The van der Waals surface area contributed by atoms with Gasteiger partial charge in [0.1, 0.15) is 0 Å². The van der Waals surface area contributed by atoms with Gasteiger partial charge in [0.25, 0.3) is 0 Å². The van der Waals surface area contributed by atoms with Crippen molar-refractivity contribution >= 4 is 23.3 Å². The third-order valence-electron chi connectivity index (χ3n) is 3.93. The number of rotatable bonds is 4. The van der Waals surface area contributed by atoms with Crippen LogP contribution >= 0.6 is 0 Å². The van der Waals surface area contributed by atoms with E-state index in [2.05, 4.69) is 89.7 Å². The fourth-order valence-electron chi connectivity index (χ4n) is 2.44. The van der Waals surface area contributed by atoms with Crippen LogP contribution in [0, 0.1) is 0 Å². The summed E-state index contributed by atoms with van der Waals surface area (Å²) in [7, 11) is 0. The summed E-state index contributed by atoms with van der Waals surface area (Å²) in [5, 5.41) is 42.4. The molecular weight excluding hydrogens is 464 g/mol. The quantitative estimate of drug-likeness (QED) is 0.230. The van der Waals surface area contributed by atoms with Crippen LogP contribution in [0.3, 0.4) is 0 Å². The SMILES string of the molecule is Nc1nonc1-c1nonc1-c1nonc1N.Nc1nonc1-c1nonc1-c1nonc1N. The lowest BCUT2D eigenvalue weighted by Gasteiger charge is -1.90. The largest absolute Gasteiger partial charge is 0.379 e. The Hall–Kier alpha value is -5.96. The third kappa shape index (κ3) is 3.33. The molecule has 0 spiro atoms. The van der Waals surface area contributed by atoms with E-state index in [0.29, 0.717) is 0 Å². The highest BCUT2D eigenvalue weighted by Crippen LogP contribution is 2.32. The van der Waals surface area contributed by atoms with Crippen molar-refractivity contribution in [2.45, 2.75) is 0 Å². The predicted octanol–water partition coefficient (Wildman–Crippen LogP) is -1.33. The Bertz CT molecular complexity index is 1310. The van der Waals surface area contributed by atoms with Crippen LogP contribution in [0.1, 0.15) is 0 Å². The average Bonchev–Trinajstić information content (AvgIpc) is 3.63. The highest BCUT2D eigenvalue weighted by atomic mass is 16.6. The van der Waals surface area contributed by atoms with E-state index in [1.807, 2.05) is 0 Å². The number of hydrogen-bond acceptors (Lipinski definition) is 22. The molecule has 172 valence electrons. The van der Waals surface area contributed by atoms with Gasteiger partial charge in [-0.3, -0.25) is 0 Å². The number of nitrogens with zero attached hydrogens (tertiary/aromatic N) is 12. The van der Waals surface area contributed by atoms with E-state index in [0.717, 1.165) is 0 Å². The second kappa shape index (κ2) is 7.94. The van der Waals surface area contributed by atoms with Crippen LogP contribution in [-0.2, 0) is 0 Å². The summed E-state index contributed by atoms with van der Waals surface area (Å²) in [6.45, 7) is 0. The standard InChI is InChI=1S/2C6H4N8O3/c2*7-5-3(11-16-13-5)1-2(10-15-9-1)4-6(8)14-17-12-4/h2*(H2,7,13)(H2,8,14). The summed E-state index contributed by atoms with van der Waals surface area (Å²) in [5.41, 5.74) is 23.5. The Morgan fingerprint density at radius 3 is 0.618 bits per heavy atom. The van der Waals surface area contributed by atoms with Crippen LogP contribution in [-0.4, -0.2) is 61.9 Å². The van der Waals surface area contributed by atoms with Crippen molar-refractivity contribution in [1.29, 1.82) is 0 Å². The van der Waals surface area contributed by atoms with E-state index in [1.165, 1.54) is 0 Å². The summed E-state index contributed by atoms with van der Waals surface area (Å²) < 4.78 is 26.9. The first-order chi connectivity index (χ1) is 16.5. The van der Waals surface area contributed by atoms with Gasteiger partial charge in [0, 0.05) is 0 Å². The van der Waals surface area contributed by atoms with Gasteiger partial charge in [0.15, 0.2) is 68.8 Å². The zero-order chi connectivity index (χ0) is 23.7. The number of nitrogens with two attached hydrogens (primary N) is 4. The van der Waals surface area contributed by atoms with E-state index >= 15 is 0 Å². The monoisotopic (exact) mass is 472 g/mol. The molecule has 22 heteroatoms. The average molecular weight is 472 g/mol. The van der Waals surface area contributed by atoms with Crippen molar-refractivity contribution < 1.29 is 27.8 Å². The minimum atomic E-state index is 0.0389. The van der Waals surface area contributed by atoms with Crippen molar-refractivity contribution in [1.82, 2.24) is 61.9 Å². The fourth-order valence-corrected chi connectivity index (χ4v) is 2.44. The van der Waals surface area contributed by atoms with Crippen LogP contribution in [0.4, 0.5) is 23.3 Å². The van der Waals surface area contributed by atoms with E-state index < -0.39 is 0 Å². The summed E-state index contributed by atoms with van der Waals surface area (Å²) in [6.07, 6.45) is 0. The Morgan fingerprint density at radius 2 is 0.441 bits per heavy atom. The van der Waals surface area contributed by atoms with E-state index in [1.54, 1.807) is 0 Å². The van der Waals surface area contributed by atoms with Gasteiger partial charge >= 0.3 is 0 Å². The Morgan fingerprint density at radius 1 is 0.265 bits per heavy atom. The molecule has 0 aliphatic rings. The molecule has 0 aliphatic heterocycles. The molecular formula is C12H8N16O6. The van der Waals surface area contributed by atoms with Gasteiger partial charge in [0.05, 0.1) is 0 Å². The molecule has 8 N–H and O–H groups in total. The third-order valence-corrected chi connectivity index (χ3v) is 3.93. The predicted molar refractivity (Wildman–Crippen MR) is 99.4 cm³/mol. The molecule has 6 aromatic rings. The summed E-state index contributed by atoms with van der Waals surface area (Å²) in [6, 6.07) is 0. The van der Waals surface area contributed by atoms with Crippen molar-refractivity contribution in [3.05, 3.63) is 0 Å². The minimum absolute atomic E-state index is 0.0389. The lowest BCUT2D eigenvalue weighted by Crippen LogP contribution is -1.93. The van der Waals surface area contributed by atoms with Crippen molar-refractivity contribution in [2.75, 3.05) is 22.9 Å². The Kier molecular flexibility index (Phi) is 4.67. The molecule has 0 atom stereocenters. The molecule has 0 amide bonds. The Balaban J connectivity index is 0.000000142. The molecule has 0 bridgehead atoms. The maximum Gasteiger partial charge on any atom is 0.198 e. The molecule has 0 unspecified atom stereocenters. The van der Waals surface area contributed by atoms with Crippen molar-refractivity contribution in [3.8, 4) is 45.6 Å². The highest BCUT2D eigenvalue weighted by Gasteiger charge is 2.26. The van der Waals surface area contributed by atoms with Crippen molar-refractivity contribution in [3.63, 3.8) is 0 Å². The van der Waals surface area contributed by atoms with Gasteiger partial charge < -0.3 is 22.9 Å². The maximum atomic E-state index is 5.52. The number of aromatic nitrogens is 12. The molecule has 6 rings (SSSR count).